The van der Waals surface area contributed by atoms with E-state index in [1.807, 2.05) is 0 Å². The fourth-order valence-corrected chi connectivity index (χ4v) is 1.37. The monoisotopic (exact) mass is 258 g/mol. The van der Waals surface area contributed by atoms with Gasteiger partial charge in [0.15, 0.2) is 0 Å². The Morgan fingerprint density at radius 3 is 2.06 bits per heavy atom. The number of hydrogen-bond acceptors (Lipinski definition) is 5. The number of nitrogens with zero attached hydrogens (tertiary/aromatic N) is 3. The van der Waals surface area contributed by atoms with Crippen molar-refractivity contribution < 1.29 is 9.59 Å². The zero-order valence-electron chi connectivity index (χ0n) is 7.65. The quantitative estimate of drug-likeness (QED) is 0.797. The number of carbonyl (C=O) groups excluding carboxylic acids is 2. The van der Waals surface area contributed by atoms with Crippen LogP contribution in [0.1, 0.15) is 0 Å². The summed E-state index contributed by atoms with van der Waals surface area (Å²) in [7, 11) is 0. The normalized spacial score (nSPS) is 16.0. The van der Waals surface area contributed by atoms with Crippen LogP contribution in [0.25, 0.3) is 0 Å². The zero-order valence-corrected chi connectivity index (χ0v) is 9.16. The Hall–Kier alpha value is -1.66. The fourth-order valence-electron chi connectivity index (χ4n) is 1.03. The van der Waals surface area contributed by atoms with E-state index in [0.29, 0.717) is 5.01 Å². The highest BCUT2D eigenvalue weighted by atomic mass is 35.5. The van der Waals surface area contributed by atoms with Gasteiger partial charge >= 0.3 is 0 Å². The highest BCUT2D eigenvalue weighted by Gasteiger charge is 2.37. The Morgan fingerprint density at radius 1 is 1.06 bits per heavy atom. The molecule has 0 bridgehead atoms. The van der Waals surface area contributed by atoms with Crippen molar-refractivity contribution in [3.63, 3.8) is 0 Å². The summed E-state index contributed by atoms with van der Waals surface area (Å²) in [6.45, 7) is 0. The van der Waals surface area contributed by atoms with Crippen molar-refractivity contribution in [2.45, 2.75) is 0 Å². The Labute approximate surface area is 99.8 Å². The molecule has 1 aromatic rings. The van der Waals surface area contributed by atoms with Gasteiger partial charge in [-0.25, -0.2) is 9.97 Å². The van der Waals surface area contributed by atoms with Crippen LogP contribution in [0.3, 0.4) is 0 Å². The number of hydrazine groups is 1. The first-order valence-corrected chi connectivity index (χ1v) is 4.84. The van der Waals surface area contributed by atoms with Crippen molar-refractivity contribution in [2.75, 3.05) is 5.43 Å². The standard InChI is InChI=1S/C8H4Cl2N4O2/c9-4-5(10)7(16)14(6(4)15)13-8-11-2-1-3-12-8/h1-3H,(H,11,12,13). The second-order valence-corrected chi connectivity index (χ2v) is 3.51. The average Bonchev–Trinajstić information content (AvgIpc) is 2.48. The van der Waals surface area contributed by atoms with E-state index in [0.717, 1.165) is 0 Å². The number of rotatable bonds is 2. The smallest absolute Gasteiger partial charge is 0.266 e. The molecule has 0 atom stereocenters. The molecule has 0 spiro atoms. The van der Waals surface area contributed by atoms with Gasteiger partial charge in [0.2, 0.25) is 5.95 Å². The molecule has 1 aliphatic heterocycles. The molecule has 2 amide bonds. The van der Waals surface area contributed by atoms with E-state index in [9.17, 15) is 9.59 Å². The van der Waals surface area contributed by atoms with E-state index in [-0.39, 0.29) is 16.0 Å². The molecule has 0 saturated heterocycles. The number of anilines is 1. The molecule has 0 aliphatic carbocycles. The Morgan fingerprint density at radius 2 is 1.56 bits per heavy atom. The van der Waals surface area contributed by atoms with Gasteiger partial charge in [-0.3, -0.25) is 15.0 Å². The van der Waals surface area contributed by atoms with Crippen LogP contribution >= 0.6 is 23.2 Å². The van der Waals surface area contributed by atoms with E-state index in [1.165, 1.54) is 12.4 Å². The van der Waals surface area contributed by atoms with Gasteiger partial charge in [0, 0.05) is 12.4 Å². The molecule has 16 heavy (non-hydrogen) atoms. The van der Waals surface area contributed by atoms with Gasteiger partial charge in [-0.2, -0.15) is 5.01 Å². The van der Waals surface area contributed by atoms with Crippen molar-refractivity contribution in [3.05, 3.63) is 28.5 Å². The van der Waals surface area contributed by atoms with Gasteiger partial charge in [-0.15, -0.1) is 0 Å². The van der Waals surface area contributed by atoms with Gasteiger partial charge in [0.1, 0.15) is 10.1 Å². The molecule has 0 fully saturated rings. The van der Waals surface area contributed by atoms with E-state index >= 15 is 0 Å². The first-order chi connectivity index (χ1) is 7.61. The van der Waals surface area contributed by atoms with Crippen LogP contribution < -0.4 is 5.43 Å². The molecule has 0 saturated carbocycles. The molecule has 2 rings (SSSR count). The van der Waals surface area contributed by atoms with Crippen molar-refractivity contribution in [2.24, 2.45) is 0 Å². The van der Waals surface area contributed by atoms with Gasteiger partial charge in [-0.1, -0.05) is 23.2 Å². The zero-order chi connectivity index (χ0) is 11.7. The van der Waals surface area contributed by atoms with Crippen molar-refractivity contribution >= 4 is 41.0 Å². The van der Waals surface area contributed by atoms with E-state index < -0.39 is 11.8 Å². The summed E-state index contributed by atoms with van der Waals surface area (Å²) in [6.07, 6.45) is 2.91. The SMILES string of the molecule is O=C1C(Cl)=C(Cl)C(=O)N1Nc1ncccn1. The predicted octanol–water partition coefficient (Wildman–Crippen LogP) is 0.861. The molecule has 0 unspecified atom stereocenters. The van der Waals surface area contributed by atoms with Crippen LogP contribution in [0, 0.1) is 0 Å². The van der Waals surface area contributed by atoms with Crippen molar-refractivity contribution in [1.29, 1.82) is 0 Å². The maximum atomic E-state index is 11.4. The minimum absolute atomic E-state index is 0.0973. The summed E-state index contributed by atoms with van der Waals surface area (Å²) >= 11 is 11.0. The molecular weight excluding hydrogens is 255 g/mol. The summed E-state index contributed by atoms with van der Waals surface area (Å²) in [5.74, 6) is -1.37. The molecule has 1 N–H and O–H groups in total. The lowest BCUT2D eigenvalue weighted by molar-refractivity contribution is -0.135. The maximum Gasteiger partial charge on any atom is 0.293 e. The third-order valence-electron chi connectivity index (χ3n) is 1.75. The highest BCUT2D eigenvalue weighted by Crippen LogP contribution is 2.26. The van der Waals surface area contributed by atoms with Gasteiger partial charge in [0.25, 0.3) is 11.8 Å². The first-order valence-electron chi connectivity index (χ1n) is 4.09. The highest BCUT2D eigenvalue weighted by molar-refractivity contribution is 6.58. The Bertz CT molecular complexity index is 464. The van der Waals surface area contributed by atoms with Gasteiger partial charge in [-0.05, 0) is 6.07 Å². The third kappa shape index (κ3) is 1.72. The molecule has 0 aromatic carbocycles. The number of aromatic nitrogens is 2. The van der Waals surface area contributed by atoms with Crippen LogP contribution in [0.5, 0.6) is 0 Å². The predicted molar refractivity (Wildman–Crippen MR) is 56.2 cm³/mol. The van der Waals surface area contributed by atoms with Crippen LogP contribution in [0.15, 0.2) is 28.5 Å². The average molecular weight is 259 g/mol. The minimum Gasteiger partial charge on any atom is -0.266 e. The number of carbonyl (C=O) groups is 2. The second-order valence-electron chi connectivity index (χ2n) is 2.76. The van der Waals surface area contributed by atoms with Gasteiger partial charge < -0.3 is 0 Å². The topological polar surface area (TPSA) is 75.2 Å². The molecule has 82 valence electrons. The van der Waals surface area contributed by atoms with Gasteiger partial charge in [0.05, 0.1) is 0 Å². The van der Waals surface area contributed by atoms with Crippen molar-refractivity contribution in [3.8, 4) is 0 Å². The second kappa shape index (κ2) is 4.07. The van der Waals surface area contributed by atoms with Crippen LogP contribution in [0.4, 0.5) is 5.95 Å². The molecule has 8 heteroatoms. The Balaban J connectivity index is 2.21. The lowest BCUT2D eigenvalue weighted by Crippen LogP contribution is -2.37. The molecule has 0 radical (unpaired) electrons. The van der Waals surface area contributed by atoms with E-state index in [4.69, 9.17) is 23.2 Å². The first kappa shape index (κ1) is 10.8. The van der Waals surface area contributed by atoms with E-state index in [1.54, 1.807) is 6.07 Å². The van der Waals surface area contributed by atoms with Crippen LogP contribution in [0.2, 0.25) is 0 Å². The summed E-state index contributed by atoms with van der Waals surface area (Å²) in [4.78, 5) is 30.5. The number of imide groups is 1. The Kier molecular flexibility index (Phi) is 2.76. The molecular formula is C8H4Cl2N4O2. The largest absolute Gasteiger partial charge is 0.293 e. The third-order valence-corrected chi connectivity index (χ3v) is 2.55. The number of amides is 2. The number of nitrogens with one attached hydrogen (secondary N) is 1. The summed E-state index contributed by atoms with van der Waals surface area (Å²) in [5.41, 5.74) is 2.40. The van der Waals surface area contributed by atoms with Crippen molar-refractivity contribution in [1.82, 2.24) is 15.0 Å². The van der Waals surface area contributed by atoms with Crippen LogP contribution in [-0.4, -0.2) is 26.8 Å². The number of halogens is 2. The molecule has 1 aromatic heterocycles. The minimum atomic E-state index is -0.732. The fraction of sp³-hybridized carbons (Fsp3) is 0. The van der Waals surface area contributed by atoms with E-state index in [2.05, 4.69) is 15.4 Å². The van der Waals surface area contributed by atoms with Crippen LogP contribution in [-0.2, 0) is 9.59 Å². The summed E-state index contributed by atoms with van der Waals surface area (Å²) in [5, 5.41) is 0.00481. The molecule has 1 aliphatic rings. The summed E-state index contributed by atoms with van der Waals surface area (Å²) in [6, 6.07) is 1.59. The summed E-state index contributed by atoms with van der Waals surface area (Å²) < 4.78 is 0. The lowest BCUT2D eigenvalue weighted by Gasteiger charge is -2.14. The number of hydrogen-bond donors (Lipinski definition) is 1. The lowest BCUT2D eigenvalue weighted by atomic mass is 10.5. The molecule has 6 nitrogen and oxygen atoms in total. The molecule has 2 heterocycles. The maximum absolute atomic E-state index is 11.4.